The van der Waals surface area contributed by atoms with E-state index in [2.05, 4.69) is 31.0 Å². The van der Waals surface area contributed by atoms with Gasteiger partial charge in [-0.05, 0) is 25.7 Å². The molecule has 0 saturated carbocycles. The second-order valence-corrected chi connectivity index (χ2v) is 5.97. The second kappa shape index (κ2) is 16.3. The van der Waals surface area contributed by atoms with Gasteiger partial charge in [-0.2, -0.15) is 5.26 Å². The lowest BCUT2D eigenvalue weighted by Crippen LogP contribution is -2.29. The van der Waals surface area contributed by atoms with Crippen LogP contribution in [0.25, 0.3) is 0 Å². The van der Waals surface area contributed by atoms with Crippen molar-refractivity contribution in [2.24, 2.45) is 0 Å². The molecule has 0 fully saturated rings. The molecule has 0 spiro atoms. The molecule has 0 aromatic rings. The number of nitrogens with zero attached hydrogens (tertiary/aromatic N) is 2. The molecule has 1 amide bonds. The summed E-state index contributed by atoms with van der Waals surface area (Å²) in [7, 11) is 0. The first-order valence-electron chi connectivity index (χ1n) is 9.41. The topological polar surface area (TPSA) is 65.4 Å². The van der Waals surface area contributed by atoms with Crippen molar-refractivity contribution >= 4 is 5.91 Å². The van der Waals surface area contributed by atoms with Crippen molar-refractivity contribution < 1.29 is 9.53 Å². The zero-order valence-corrected chi connectivity index (χ0v) is 15.8. The van der Waals surface area contributed by atoms with Crippen LogP contribution in [0.3, 0.4) is 0 Å². The van der Waals surface area contributed by atoms with Crippen molar-refractivity contribution in [1.82, 2.24) is 10.2 Å². The summed E-state index contributed by atoms with van der Waals surface area (Å²) in [5.74, 6) is -0.288. The van der Waals surface area contributed by atoms with Crippen molar-refractivity contribution in [1.29, 1.82) is 5.26 Å². The van der Waals surface area contributed by atoms with Crippen molar-refractivity contribution in [2.75, 3.05) is 32.8 Å². The zero-order valence-electron chi connectivity index (χ0n) is 15.8. The third-order valence-corrected chi connectivity index (χ3v) is 3.67. The Balaban J connectivity index is 4.29. The summed E-state index contributed by atoms with van der Waals surface area (Å²) < 4.78 is 5.46. The first-order valence-corrected chi connectivity index (χ1v) is 9.41. The van der Waals surface area contributed by atoms with E-state index in [-0.39, 0.29) is 11.5 Å². The highest BCUT2D eigenvalue weighted by Gasteiger charge is 2.10. The summed E-state index contributed by atoms with van der Waals surface area (Å²) >= 11 is 0. The van der Waals surface area contributed by atoms with Crippen LogP contribution in [0.5, 0.6) is 0 Å². The average Bonchev–Trinajstić information content (AvgIpc) is 2.60. The Labute approximate surface area is 148 Å². The van der Waals surface area contributed by atoms with Crippen LogP contribution in [0, 0.1) is 11.3 Å². The fourth-order valence-electron chi connectivity index (χ4n) is 2.10. The van der Waals surface area contributed by atoms with Gasteiger partial charge in [0.05, 0.1) is 0 Å². The SMILES string of the molecule is CCCCOCCCNC(=O)/C(C#N)=C\N(CCCC)CCCC. The van der Waals surface area contributed by atoms with E-state index < -0.39 is 0 Å². The fourth-order valence-corrected chi connectivity index (χ4v) is 2.10. The standard InChI is InChI=1S/C19H35N3O2/c1-4-7-12-22(13-8-5-2)17-18(16-20)19(23)21-11-10-15-24-14-9-6-3/h17H,4-15H2,1-3H3,(H,21,23)/b18-17-. The highest BCUT2D eigenvalue weighted by Crippen LogP contribution is 2.04. The van der Waals surface area contributed by atoms with Crippen LogP contribution < -0.4 is 5.32 Å². The molecule has 0 aliphatic heterocycles. The Morgan fingerprint density at radius 2 is 1.62 bits per heavy atom. The van der Waals surface area contributed by atoms with Crippen molar-refractivity contribution in [3.8, 4) is 6.07 Å². The molecular weight excluding hydrogens is 302 g/mol. The molecular formula is C19H35N3O2. The molecule has 0 radical (unpaired) electrons. The van der Waals surface area contributed by atoms with Crippen molar-refractivity contribution in [3.05, 3.63) is 11.8 Å². The van der Waals surface area contributed by atoms with Gasteiger partial charge in [0.2, 0.25) is 0 Å². The monoisotopic (exact) mass is 337 g/mol. The summed E-state index contributed by atoms with van der Waals surface area (Å²) in [5, 5.41) is 12.1. The molecule has 0 atom stereocenters. The van der Waals surface area contributed by atoms with E-state index in [9.17, 15) is 10.1 Å². The van der Waals surface area contributed by atoms with Gasteiger partial charge in [-0.25, -0.2) is 0 Å². The van der Waals surface area contributed by atoms with Crippen molar-refractivity contribution in [3.63, 3.8) is 0 Å². The third-order valence-electron chi connectivity index (χ3n) is 3.67. The van der Waals surface area contributed by atoms with Gasteiger partial charge in [0.1, 0.15) is 11.6 Å². The minimum absolute atomic E-state index is 0.189. The number of unbranched alkanes of at least 4 members (excludes halogenated alkanes) is 3. The zero-order chi connectivity index (χ0) is 18.0. The van der Waals surface area contributed by atoms with Gasteiger partial charge in [-0.1, -0.05) is 40.0 Å². The smallest absolute Gasteiger partial charge is 0.263 e. The predicted molar refractivity (Wildman–Crippen MR) is 98.4 cm³/mol. The molecule has 0 aliphatic rings. The predicted octanol–water partition coefficient (Wildman–Crippen LogP) is 3.62. The number of nitriles is 1. The molecule has 24 heavy (non-hydrogen) atoms. The van der Waals surface area contributed by atoms with E-state index in [1.54, 1.807) is 6.20 Å². The van der Waals surface area contributed by atoms with Gasteiger partial charge in [0.25, 0.3) is 5.91 Å². The number of hydrogen-bond acceptors (Lipinski definition) is 4. The van der Waals surface area contributed by atoms with E-state index >= 15 is 0 Å². The normalized spacial score (nSPS) is 11.2. The molecule has 0 aliphatic carbocycles. The summed E-state index contributed by atoms with van der Waals surface area (Å²) in [5.41, 5.74) is 0.189. The molecule has 1 N–H and O–H groups in total. The maximum Gasteiger partial charge on any atom is 0.263 e. The summed E-state index contributed by atoms with van der Waals surface area (Å²) in [4.78, 5) is 14.2. The van der Waals surface area contributed by atoms with E-state index in [1.165, 1.54) is 0 Å². The second-order valence-electron chi connectivity index (χ2n) is 5.97. The molecule has 0 heterocycles. The molecule has 0 rings (SSSR count). The van der Waals surface area contributed by atoms with Gasteiger partial charge < -0.3 is 15.0 Å². The van der Waals surface area contributed by atoms with Crippen LogP contribution in [-0.4, -0.2) is 43.7 Å². The van der Waals surface area contributed by atoms with Crippen LogP contribution in [0.4, 0.5) is 0 Å². The summed E-state index contributed by atoms with van der Waals surface area (Å²) in [6.45, 7) is 10.1. The molecule has 0 aromatic carbocycles. The molecule has 5 nitrogen and oxygen atoms in total. The maximum absolute atomic E-state index is 12.1. The van der Waals surface area contributed by atoms with Crippen LogP contribution in [0.1, 0.15) is 65.7 Å². The van der Waals surface area contributed by atoms with Gasteiger partial charge in [-0.3, -0.25) is 4.79 Å². The number of amides is 1. The number of rotatable bonds is 15. The van der Waals surface area contributed by atoms with E-state index in [4.69, 9.17) is 4.74 Å². The highest BCUT2D eigenvalue weighted by atomic mass is 16.5. The first-order chi connectivity index (χ1) is 11.7. The van der Waals surface area contributed by atoms with E-state index in [0.29, 0.717) is 13.2 Å². The quantitative estimate of drug-likeness (QED) is 0.282. The Bertz CT molecular complexity index is 381. The Morgan fingerprint density at radius 3 is 2.17 bits per heavy atom. The summed E-state index contributed by atoms with van der Waals surface area (Å²) in [6.07, 6.45) is 9.01. The minimum Gasteiger partial charge on any atom is -0.381 e. The van der Waals surface area contributed by atoms with E-state index in [1.807, 2.05) is 6.07 Å². The lowest BCUT2D eigenvalue weighted by molar-refractivity contribution is -0.117. The average molecular weight is 338 g/mol. The van der Waals surface area contributed by atoms with Crippen LogP contribution in [0.15, 0.2) is 11.8 Å². The number of carbonyl (C=O) groups is 1. The van der Waals surface area contributed by atoms with Crippen LogP contribution >= 0.6 is 0 Å². The number of hydrogen-bond donors (Lipinski definition) is 1. The molecule has 5 heteroatoms. The minimum atomic E-state index is -0.288. The Morgan fingerprint density at radius 1 is 1.04 bits per heavy atom. The number of carbonyl (C=O) groups excluding carboxylic acids is 1. The fraction of sp³-hybridized carbons (Fsp3) is 0.789. The van der Waals surface area contributed by atoms with Crippen LogP contribution in [0.2, 0.25) is 0 Å². The van der Waals surface area contributed by atoms with E-state index in [0.717, 1.165) is 64.6 Å². The highest BCUT2D eigenvalue weighted by molar-refractivity contribution is 5.97. The Kier molecular flexibility index (Phi) is 15.3. The molecule has 138 valence electrons. The number of ether oxygens (including phenoxy) is 1. The maximum atomic E-state index is 12.1. The molecule has 0 aromatic heterocycles. The van der Waals surface area contributed by atoms with Gasteiger partial charge in [-0.15, -0.1) is 0 Å². The first kappa shape index (κ1) is 22.5. The molecule has 0 unspecified atom stereocenters. The lowest BCUT2D eigenvalue weighted by atomic mass is 10.2. The number of nitrogens with one attached hydrogen (secondary N) is 1. The summed E-state index contributed by atoms with van der Waals surface area (Å²) in [6, 6.07) is 2.03. The van der Waals surface area contributed by atoms with Gasteiger partial charge in [0, 0.05) is 39.0 Å². The Hall–Kier alpha value is -1.54. The third kappa shape index (κ3) is 12.0. The van der Waals surface area contributed by atoms with Gasteiger partial charge >= 0.3 is 0 Å². The largest absolute Gasteiger partial charge is 0.381 e. The molecule has 0 bridgehead atoms. The van der Waals surface area contributed by atoms with Gasteiger partial charge in [0.15, 0.2) is 0 Å². The lowest BCUT2D eigenvalue weighted by Gasteiger charge is -2.20. The van der Waals surface area contributed by atoms with Crippen LogP contribution in [-0.2, 0) is 9.53 Å². The molecule has 0 saturated heterocycles. The van der Waals surface area contributed by atoms with Crippen molar-refractivity contribution in [2.45, 2.75) is 65.7 Å².